The van der Waals surface area contributed by atoms with Gasteiger partial charge in [0.2, 0.25) is 88.6 Å². The average Bonchev–Trinajstić information content (AvgIpc) is 1.66. The van der Waals surface area contributed by atoms with Crippen molar-refractivity contribution < 1.29 is 136 Å². The number of carboxylic acid groups (broad SMARTS) is 6. The highest BCUT2D eigenvalue weighted by molar-refractivity contribution is 7.80. The SMILES string of the molecule is N[C@@H](CS)C(=O)NC(=O)[C@H](CNC(=O)[C@H](CC(=O)O)NC(=O)[C@@H]1CCCN1C(=O)[C@H](CNC(=O)[C@H](CC(=O)O)NC(=O)[C@@H]1CCCN1)NC(=O)[C@H](CC(=O)O)NC(=O)[C@@H]1CCCN1)NC(=O)[C@H](CC(=O)O)NC(=O)[C@@H]1CCCN1C(=O)[C@H](CNC(=O)[C@H](CC(=O)O)NC(=O)[C@@H]1CCCN1)NC(=O)[C@H](CC(=O)O)NC(=O)[C@@H]1CCCN1. The number of nitrogens with two attached hydrogens (primary N) is 1. The van der Waals surface area contributed by atoms with E-state index >= 15 is 0 Å². The topological polar surface area (TPSA) is 734 Å². The molecule has 0 spiro atoms. The van der Waals surface area contributed by atoms with Gasteiger partial charge < -0.3 is 131 Å². The summed E-state index contributed by atoms with van der Waals surface area (Å²) in [6.07, 6.45) is -3.95. The molecule has 636 valence electrons. The summed E-state index contributed by atoms with van der Waals surface area (Å²) in [5.74, 6) is -29.3. The second kappa shape index (κ2) is 45.0. The first-order chi connectivity index (χ1) is 54.4. The highest BCUT2D eigenvalue weighted by Gasteiger charge is 2.45. The molecule has 0 aromatic rings. The Morgan fingerprint density at radius 2 is 0.565 bits per heavy atom. The predicted molar refractivity (Wildman–Crippen MR) is 388 cm³/mol. The number of hydrogen-bond acceptors (Lipinski definition) is 28. The molecule has 48 nitrogen and oxygen atoms in total. The summed E-state index contributed by atoms with van der Waals surface area (Å²) in [7, 11) is 0. The van der Waals surface area contributed by atoms with E-state index in [0.29, 0.717) is 77.5 Å². The number of nitrogens with zero attached hydrogens (tertiary/aromatic N) is 2. The molecule has 6 rings (SSSR count). The van der Waals surface area contributed by atoms with Crippen LogP contribution in [0.25, 0.3) is 0 Å². The summed E-state index contributed by atoms with van der Waals surface area (Å²) in [6, 6.07) is -26.5. The lowest BCUT2D eigenvalue weighted by Crippen LogP contribution is -2.63. The Bertz CT molecular complexity index is 3680. The van der Waals surface area contributed by atoms with E-state index in [1.54, 1.807) is 0 Å². The zero-order valence-corrected chi connectivity index (χ0v) is 63.0. The van der Waals surface area contributed by atoms with Gasteiger partial charge in [-0.25, -0.2) is 0 Å². The quantitative estimate of drug-likeness (QED) is 0.0252. The molecule has 16 atom stereocenters. The fraction of sp³-hybridized carbons (Fsp3) is 0.667. The molecule has 6 aliphatic heterocycles. The van der Waals surface area contributed by atoms with Crippen molar-refractivity contribution in [3.63, 3.8) is 0 Å². The summed E-state index contributed by atoms with van der Waals surface area (Å²) >= 11 is 3.92. The third-order valence-electron chi connectivity index (χ3n) is 19.3. The average molecular weight is 1650 g/mol. The normalized spacial score (nSPS) is 21.5. The van der Waals surface area contributed by atoms with E-state index in [4.69, 9.17) is 5.73 Å². The van der Waals surface area contributed by atoms with Gasteiger partial charge in [0.25, 0.3) is 5.91 Å². The number of carbonyl (C=O) groups excluding carboxylic acids is 16. The number of amides is 16. The van der Waals surface area contributed by atoms with Crippen molar-refractivity contribution in [3.05, 3.63) is 0 Å². The van der Waals surface area contributed by atoms with Crippen molar-refractivity contribution in [1.29, 1.82) is 0 Å². The number of aliphatic carboxylic acids is 6. The molecule has 25 N–H and O–H groups in total. The smallest absolute Gasteiger partial charge is 0.305 e. The molecular weight excluding hydrogens is 1550 g/mol. The maximum absolute atomic E-state index is 14.8. The van der Waals surface area contributed by atoms with Crippen molar-refractivity contribution in [3.8, 4) is 0 Å². The molecule has 0 saturated carbocycles. The molecule has 115 heavy (non-hydrogen) atoms. The van der Waals surface area contributed by atoms with Crippen LogP contribution >= 0.6 is 12.6 Å². The predicted octanol–water partition coefficient (Wildman–Crippen LogP) is -12.6. The summed E-state index contributed by atoms with van der Waals surface area (Å²) in [5, 5.41) is 99.3. The lowest BCUT2D eigenvalue weighted by Gasteiger charge is -2.31. The number of rotatable bonds is 44. The van der Waals surface area contributed by atoms with Gasteiger partial charge in [0.15, 0.2) is 0 Å². The molecule has 0 radical (unpaired) electrons. The molecule has 6 aliphatic rings. The summed E-state index contributed by atoms with van der Waals surface area (Å²) in [4.78, 5) is 297. The third-order valence-corrected chi connectivity index (χ3v) is 19.7. The van der Waals surface area contributed by atoms with Gasteiger partial charge in [-0.05, 0) is 103 Å². The Hall–Kier alpha value is -11.3. The number of likely N-dealkylation sites (tertiary alicyclic amines) is 2. The zero-order valence-electron chi connectivity index (χ0n) is 62.1. The number of imide groups is 1. The van der Waals surface area contributed by atoms with Crippen LogP contribution in [0.2, 0.25) is 0 Å². The van der Waals surface area contributed by atoms with Crippen LogP contribution in [0.5, 0.6) is 0 Å². The highest BCUT2D eigenvalue weighted by Crippen LogP contribution is 2.22. The zero-order chi connectivity index (χ0) is 84.9. The first kappa shape index (κ1) is 92.6. The van der Waals surface area contributed by atoms with Gasteiger partial charge in [-0.15, -0.1) is 0 Å². The van der Waals surface area contributed by atoms with Crippen LogP contribution in [0.1, 0.15) is 116 Å². The largest absolute Gasteiger partial charge is 0.481 e. The Kier molecular flexibility index (Phi) is 36.2. The molecule has 6 fully saturated rings. The molecule has 6 saturated heterocycles. The van der Waals surface area contributed by atoms with Gasteiger partial charge in [-0.2, -0.15) is 12.6 Å². The van der Waals surface area contributed by atoms with Crippen LogP contribution in [0, 0.1) is 0 Å². The van der Waals surface area contributed by atoms with E-state index in [-0.39, 0.29) is 38.8 Å². The van der Waals surface area contributed by atoms with Gasteiger partial charge in [0.1, 0.15) is 66.5 Å². The molecule has 16 amide bonds. The van der Waals surface area contributed by atoms with E-state index in [1.165, 1.54) is 0 Å². The molecule has 6 heterocycles. The standard InChI is InChI=1S/C66H98N20O28S/c67-29(28-115)51(99)84-62(110)40(81-59(107)39(24-50(97)98)80-64(112)44-12-6-18-86(44)66(114)42(83-61(109)38(23-49(95)96)78-58(106)33-10-4-16-71-33)27-74-53(101)35(20-46(89)90)76-56(104)31-8-2-14-69-31)25-72-54(102)36(21-47(91)92)79-63(111)43-11-5-17-85(43)65(113)41(82-60(108)37(22-48(93)94)77-57(105)32-9-3-15-70-32)26-73-52(100)34(19-45(87)88)75-55(103)30-7-1-13-68-30/h29-44,68-71,115H,1-28,67H2,(H,72,102)(H,73,100)(H,74,101)(H,75,103)(H,76,104)(H,77,105)(H,78,106)(H,79,111)(H,80,112)(H,81,107)(H,82,108)(H,83,109)(H,87,88)(H,89,90)(H,91,92)(H,93,94)(H,95,96)(H,97,98)(H,84,99,110)/t29-,30-,31-,32-,33-,34-,35-,36-,37-,38-,39-,40-,41-,42-,43-,44-/m0/s1. The molecule has 49 heteroatoms. The van der Waals surface area contributed by atoms with Gasteiger partial charge in [0, 0.05) is 38.5 Å². The van der Waals surface area contributed by atoms with Crippen LogP contribution in [-0.2, 0) is 105 Å². The fourth-order valence-electron chi connectivity index (χ4n) is 13.4. The number of hydrogen-bond donors (Lipinski definition) is 25. The Morgan fingerprint density at radius 3 is 0.817 bits per heavy atom. The second-order valence-corrected chi connectivity index (χ2v) is 28.4. The lowest BCUT2D eigenvalue weighted by atomic mass is 10.1. The summed E-state index contributed by atoms with van der Waals surface area (Å²) < 4.78 is 0. The van der Waals surface area contributed by atoms with E-state index in [1.807, 2.05) is 5.32 Å². The number of thiol groups is 1. The third kappa shape index (κ3) is 28.9. The molecule has 0 aromatic heterocycles. The van der Waals surface area contributed by atoms with Crippen LogP contribution < -0.4 is 96.1 Å². The Labute approximate surface area is 659 Å². The molecule has 0 aromatic carbocycles. The van der Waals surface area contributed by atoms with Gasteiger partial charge >= 0.3 is 35.8 Å². The first-order valence-corrected chi connectivity index (χ1v) is 37.7. The minimum atomic E-state index is -2.28. The monoisotopic (exact) mass is 1650 g/mol. The van der Waals surface area contributed by atoms with Gasteiger partial charge in [0.05, 0.1) is 68.7 Å². The maximum Gasteiger partial charge on any atom is 0.305 e. The van der Waals surface area contributed by atoms with E-state index < -0.39 is 291 Å². The van der Waals surface area contributed by atoms with Crippen LogP contribution in [0.15, 0.2) is 0 Å². The summed E-state index contributed by atoms with van der Waals surface area (Å²) in [5.41, 5.74) is 5.77. The maximum atomic E-state index is 14.8. The molecule has 0 aliphatic carbocycles. The minimum absolute atomic E-state index is 0.0322. The van der Waals surface area contributed by atoms with E-state index in [2.05, 4.69) is 97.7 Å². The fourth-order valence-corrected chi connectivity index (χ4v) is 13.5. The highest BCUT2D eigenvalue weighted by atomic mass is 32.1. The van der Waals surface area contributed by atoms with Crippen molar-refractivity contribution in [1.82, 2.24) is 100 Å². The lowest BCUT2D eigenvalue weighted by molar-refractivity contribution is -0.145. The number of nitrogens with one attached hydrogen (secondary N) is 17. The van der Waals surface area contributed by atoms with E-state index in [0.717, 1.165) is 9.80 Å². The minimum Gasteiger partial charge on any atom is -0.481 e. The first-order valence-electron chi connectivity index (χ1n) is 37.1. The van der Waals surface area contributed by atoms with Crippen molar-refractivity contribution in [2.45, 2.75) is 212 Å². The van der Waals surface area contributed by atoms with Crippen molar-refractivity contribution in [2.75, 3.05) is 64.7 Å². The Balaban J connectivity index is 1.22. The number of carbonyl (C=O) groups is 22. The van der Waals surface area contributed by atoms with Crippen LogP contribution in [0.3, 0.4) is 0 Å². The van der Waals surface area contributed by atoms with Crippen LogP contribution in [0.4, 0.5) is 0 Å². The summed E-state index contributed by atoms with van der Waals surface area (Å²) in [6.45, 7) is -2.21. The second-order valence-electron chi connectivity index (χ2n) is 28.0. The number of carboxylic acids is 6. The van der Waals surface area contributed by atoms with E-state index in [9.17, 15) is 136 Å². The van der Waals surface area contributed by atoms with Gasteiger partial charge in [-0.3, -0.25) is 111 Å². The van der Waals surface area contributed by atoms with Gasteiger partial charge in [-0.1, -0.05) is 0 Å². The van der Waals surface area contributed by atoms with Crippen molar-refractivity contribution >= 4 is 143 Å². The molecule has 0 bridgehead atoms. The molecule has 0 unspecified atom stereocenters. The van der Waals surface area contributed by atoms with Crippen molar-refractivity contribution in [2.24, 2.45) is 5.73 Å². The Morgan fingerprint density at radius 1 is 0.313 bits per heavy atom. The van der Waals surface area contributed by atoms with Crippen LogP contribution in [-0.4, -0.2) is 332 Å². The molecular formula is C66H98N20O28S.